The van der Waals surface area contributed by atoms with E-state index in [1.807, 2.05) is 21.1 Å². The van der Waals surface area contributed by atoms with Crippen LogP contribution in [0.2, 0.25) is 0 Å². The predicted molar refractivity (Wildman–Crippen MR) is 201 cm³/mol. The number of hydrogen-bond donors (Lipinski definition) is 1. The topological polar surface area (TPSA) is 99.1 Å². The summed E-state index contributed by atoms with van der Waals surface area (Å²) in [6.07, 6.45) is 34.7. The number of ether oxygens (including phenoxy) is 3. The zero-order chi connectivity index (χ0) is 36.4. The maximum atomic E-state index is 12.6. The van der Waals surface area contributed by atoms with Gasteiger partial charge in [0.15, 0.2) is 12.1 Å². The first-order chi connectivity index (χ1) is 23.6. The molecule has 0 aliphatic rings. The summed E-state index contributed by atoms with van der Waals surface area (Å²) < 4.78 is 17.2. The Labute approximate surface area is 300 Å². The van der Waals surface area contributed by atoms with Crippen molar-refractivity contribution < 1.29 is 38.2 Å². The lowest BCUT2D eigenvalue weighted by Gasteiger charge is -2.31. The summed E-state index contributed by atoms with van der Waals surface area (Å²) in [5, 5.41) is 9.58. The van der Waals surface area contributed by atoms with Gasteiger partial charge < -0.3 is 23.8 Å². The minimum Gasteiger partial charge on any atom is -0.477 e. The van der Waals surface area contributed by atoms with Crippen molar-refractivity contribution in [2.45, 2.75) is 167 Å². The quantitative estimate of drug-likeness (QED) is 0.0310. The monoisotopic (exact) mass is 693 g/mol. The van der Waals surface area contributed by atoms with Crippen molar-refractivity contribution in [2.24, 2.45) is 0 Å². The average Bonchev–Trinajstić information content (AvgIpc) is 3.05. The average molecular weight is 693 g/mol. The molecule has 8 heteroatoms. The van der Waals surface area contributed by atoms with Crippen LogP contribution >= 0.6 is 0 Å². The van der Waals surface area contributed by atoms with E-state index >= 15 is 0 Å². The summed E-state index contributed by atoms with van der Waals surface area (Å²) in [7, 11) is 5.51. The Morgan fingerprint density at radius 3 is 1.67 bits per heavy atom. The van der Waals surface area contributed by atoms with Gasteiger partial charge in [-0.3, -0.25) is 9.59 Å². The number of allylic oxidation sites excluding steroid dienone is 6. The molecule has 284 valence electrons. The fraction of sp³-hybridized carbons (Fsp3) is 0.780. The van der Waals surface area contributed by atoms with Gasteiger partial charge in [0.2, 0.25) is 0 Å². The molecule has 49 heavy (non-hydrogen) atoms. The van der Waals surface area contributed by atoms with Gasteiger partial charge in [0.25, 0.3) is 0 Å². The minimum absolute atomic E-state index is 0.0556. The van der Waals surface area contributed by atoms with Gasteiger partial charge in [-0.1, -0.05) is 140 Å². The summed E-state index contributed by atoms with van der Waals surface area (Å²) in [4.78, 5) is 36.8. The molecule has 0 aromatic carbocycles. The molecule has 0 spiro atoms. The van der Waals surface area contributed by atoms with E-state index in [-0.39, 0.29) is 36.2 Å². The van der Waals surface area contributed by atoms with Gasteiger partial charge in [0.05, 0.1) is 34.4 Å². The lowest BCUT2D eigenvalue weighted by Crippen LogP contribution is -2.50. The van der Waals surface area contributed by atoms with Gasteiger partial charge in [-0.2, -0.15) is 0 Å². The van der Waals surface area contributed by atoms with Gasteiger partial charge in [-0.25, -0.2) is 4.79 Å². The molecule has 8 nitrogen and oxygen atoms in total. The van der Waals surface area contributed by atoms with Gasteiger partial charge in [0.1, 0.15) is 6.61 Å². The summed E-state index contributed by atoms with van der Waals surface area (Å²) in [6, 6.07) is -0.613. The highest BCUT2D eigenvalue weighted by molar-refractivity contribution is 5.72. The van der Waals surface area contributed by atoms with Crippen molar-refractivity contribution in [1.82, 2.24) is 0 Å². The Hall–Kier alpha value is -2.45. The number of aliphatic carboxylic acids is 1. The summed E-state index contributed by atoms with van der Waals surface area (Å²) in [5.41, 5.74) is 0. The molecular formula is C41H74NO7+. The molecular weight excluding hydrogens is 618 g/mol. The summed E-state index contributed by atoms with van der Waals surface area (Å²) in [6.45, 7) is 4.57. The highest BCUT2D eigenvalue weighted by atomic mass is 16.6. The molecule has 0 aromatic heterocycles. The highest BCUT2D eigenvalue weighted by Gasteiger charge is 2.31. The molecule has 0 aliphatic carbocycles. The summed E-state index contributed by atoms with van der Waals surface area (Å²) in [5.74, 6) is -1.48. The third-order valence-corrected chi connectivity index (χ3v) is 8.62. The van der Waals surface area contributed by atoms with E-state index in [9.17, 15) is 19.5 Å². The Balaban J connectivity index is 4.39. The van der Waals surface area contributed by atoms with Crippen LogP contribution in [0.5, 0.6) is 0 Å². The molecule has 0 aromatic rings. The van der Waals surface area contributed by atoms with Crippen molar-refractivity contribution in [3.63, 3.8) is 0 Å². The second-order valence-corrected chi connectivity index (χ2v) is 14.2. The molecule has 2 atom stereocenters. The maximum Gasteiger partial charge on any atom is 0.362 e. The lowest BCUT2D eigenvalue weighted by molar-refractivity contribution is -0.887. The van der Waals surface area contributed by atoms with Crippen LogP contribution in [0, 0.1) is 0 Å². The van der Waals surface area contributed by atoms with Crippen LogP contribution in [0.3, 0.4) is 0 Å². The Kier molecular flexibility index (Phi) is 31.1. The highest BCUT2D eigenvalue weighted by Crippen LogP contribution is 2.14. The Morgan fingerprint density at radius 1 is 0.633 bits per heavy atom. The van der Waals surface area contributed by atoms with E-state index in [2.05, 4.69) is 50.3 Å². The zero-order valence-corrected chi connectivity index (χ0v) is 32.1. The standard InChI is InChI=1S/C41H73NO7/c1-6-8-10-12-14-16-18-19-20-21-22-24-25-27-29-31-39(43)48-36-37(35-47-34-33-38(41(45)46)42(3,4)5)49-40(44)32-30-28-26-23-17-15-13-11-9-7-2/h8,10,12,14,16,18,37-38H,6-7,9,11,13,15,17,19-36H2,1-5H3/p+1/b10-8+,14-12+,18-16+. The van der Waals surface area contributed by atoms with Crippen molar-refractivity contribution in [3.05, 3.63) is 36.5 Å². The van der Waals surface area contributed by atoms with Crippen LogP contribution < -0.4 is 0 Å². The number of quaternary nitrogens is 1. The zero-order valence-electron chi connectivity index (χ0n) is 32.1. The normalized spacial score (nSPS) is 13.4. The third kappa shape index (κ3) is 31.3. The van der Waals surface area contributed by atoms with Crippen LogP contribution in [-0.4, -0.2) is 80.6 Å². The number of likely N-dealkylation sites (N-methyl/N-ethyl adjacent to an activating group) is 1. The number of esters is 2. The first kappa shape index (κ1) is 46.5. The molecule has 0 fully saturated rings. The Bertz CT molecular complexity index is 906. The van der Waals surface area contributed by atoms with Gasteiger partial charge >= 0.3 is 17.9 Å². The van der Waals surface area contributed by atoms with E-state index in [0.29, 0.717) is 19.3 Å². The van der Waals surface area contributed by atoms with Crippen LogP contribution in [0.1, 0.15) is 155 Å². The SMILES string of the molecule is CC/C=C/C=C/C=C/CCCCCCCCCC(=O)OCC(COCCC(C(=O)O)[N+](C)(C)C)OC(=O)CCCCCCCCCCCC. The molecule has 1 N–H and O–H groups in total. The fourth-order valence-electron chi connectivity index (χ4n) is 5.56. The number of rotatable bonds is 34. The van der Waals surface area contributed by atoms with E-state index in [0.717, 1.165) is 51.4 Å². The molecule has 0 aliphatic heterocycles. The van der Waals surface area contributed by atoms with Crippen molar-refractivity contribution in [3.8, 4) is 0 Å². The van der Waals surface area contributed by atoms with E-state index in [4.69, 9.17) is 14.2 Å². The molecule has 0 saturated heterocycles. The van der Waals surface area contributed by atoms with Crippen LogP contribution in [0.15, 0.2) is 36.5 Å². The lowest BCUT2D eigenvalue weighted by atomic mass is 10.1. The van der Waals surface area contributed by atoms with Crippen molar-refractivity contribution in [1.29, 1.82) is 0 Å². The van der Waals surface area contributed by atoms with Gasteiger partial charge in [-0.05, 0) is 32.1 Å². The number of carboxylic acid groups (broad SMARTS) is 1. The van der Waals surface area contributed by atoms with Crippen LogP contribution in [-0.2, 0) is 28.6 Å². The first-order valence-electron chi connectivity index (χ1n) is 19.6. The largest absolute Gasteiger partial charge is 0.477 e. The molecule has 0 saturated carbocycles. The van der Waals surface area contributed by atoms with Crippen molar-refractivity contribution in [2.75, 3.05) is 41.0 Å². The Morgan fingerprint density at radius 2 is 1.14 bits per heavy atom. The predicted octanol–water partition coefficient (Wildman–Crippen LogP) is 9.91. The van der Waals surface area contributed by atoms with Gasteiger partial charge in [0, 0.05) is 19.3 Å². The third-order valence-electron chi connectivity index (χ3n) is 8.62. The van der Waals surface area contributed by atoms with E-state index in [1.54, 1.807) is 0 Å². The maximum absolute atomic E-state index is 12.6. The number of carboxylic acids is 1. The van der Waals surface area contributed by atoms with E-state index in [1.165, 1.54) is 70.6 Å². The van der Waals surface area contributed by atoms with Crippen LogP contribution in [0.4, 0.5) is 0 Å². The molecule has 0 amide bonds. The smallest absolute Gasteiger partial charge is 0.362 e. The second kappa shape index (κ2) is 32.7. The first-order valence-corrected chi connectivity index (χ1v) is 19.6. The molecule has 2 unspecified atom stereocenters. The number of carbonyl (C=O) groups excluding carboxylic acids is 2. The second-order valence-electron chi connectivity index (χ2n) is 14.2. The van der Waals surface area contributed by atoms with Gasteiger partial charge in [-0.15, -0.1) is 0 Å². The van der Waals surface area contributed by atoms with Crippen molar-refractivity contribution >= 4 is 17.9 Å². The number of carbonyl (C=O) groups is 3. The molecule has 0 radical (unpaired) electrons. The molecule has 0 rings (SSSR count). The summed E-state index contributed by atoms with van der Waals surface area (Å²) >= 11 is 0. The minimum atomic E-state index is -0.878. The number of unbranched alkanes of at least 4 members (excludes halogenated alkanes) is 16. The number of hydrogen-bond acceptors (Lipinski definition) is 6. The molecule has 0 bridgehead atoms. The number of nitrogens with zero attached hydrogens (tertiary/aromatic N) is 1. The van der Waals surface area contributed by atoms with Crippen LogP contribution in [0.25, 0.3) is 0 Å². The van der Waals surface area contributed by atoms with E-state index < -0.39 is 18.1 Å². The molecule has 0 heterocycles. The fourth-order valence-corrected chi connectivity index (χ4v) is 5.56.